The number of hydrogen-bond acceptors (Lipinski definition) is 6. The second-order valence-corrected chi connectivity index (χ2v) is 8.23. The van der Waals surface area contributed by atoms with Crippen molar-refractivity contribution in [1.82, 2.24) is 14.2 Å². The Bertz CT molecular complexity index is 625. The topological polar surface area (TPSA) is 72.0 Å². The van der Waals surface area contributed by atoms with Crippen molar-refractivity contribution in [2.45, 2.75) is 12.1 Å². The summed E-state index contributed by atoms with van der Waals surface area (Å²) in [6.07, 6.45) is 4.85. The average Bonchev–Trinajstić information content (AvgIpc) is 2.71. The van der Waals surface area contributed by atoms with Gasteiger partial charge in [-0.05, 0) is 11.6 Å². The molecule has 2 aliphatic rings. The number of sulfonamides is 1. The number of nitrogens with zero attached hydrogens (tertiary/aromatic N) is 3. The van der Waals surface area contributed by atoms with Gasteiger partial charge in [0.1, 0.15) is 5.60 Å². The van der Waals surface area contributed by atoms with Crippen LogP contribution in [-0.4, -0.2) is 80.5 Å². The van der Waals surface area contributed by atoms with E-state index in [2.05, 4.69) is 9.88 Å². The summed E-state index contributed by atoms with van der Waals surface area (Å²) in [6.45, 7) is 4.35. The lowest BCUT2D eigenvalue weighted by Gasteiger charge is -2.43. The predicted molar refractivity (Wildman–Crippen MR) is 85.4 cm³/mol. The smallest absolute Gasteiger partial charge is 0.211 e. The first-order valence-corrected chi connectivity index (χ1v) is 9.60. The van der Waals surface area contributed by atoms with Crippen LogP contribution >= 0.6 is 0 Å². The second kappa shape index (κ2) is 6.82. The highest BCUT2D eigenvalue weighted by Crippen LogP contribution is 2.24. The second-order valence-electron chi connectivity index (χ2n) is 6.25. The minimum atomic E-state index is -3.26. The molecule has 0 unspecified atom stereocenters. The minimum Gasteiger partial charge on any atom is -0.377 e. The fourth-order valence-corrected chi connectivity index (χ4v) is 4.02. The first kappa shape index (κ1) is 16.8. The zero-order valence-corrected chi connectivity index (χ0v) is 14.2. The van der Waals surface area contributed by atoms with Crippen molar-refractivity contribution in [2.75, 3.05) is 52.3 Å². The summed E-state index contributed by atoms with van der Waals surface area (Å²) in [5, 5.41) is 0. The molecule has 1 aromatic heterocycles. The maximum atomic E-state index is 11.9. The van der Waals surface area contributed by atoms with Crippen molar-refractivity contribution in [2.24, 2.45) is 0 Å². The molecule has 3 rings (SSSR count). The highest BCUT2D eigenvalue weighted by Gasteiger charge is 2.42. The molecule has 7 nitrogen and oxygen atoms in total. The van der Waals surface area contributed by atoms with E-state index in [1.807, 2.05) is 18.3 Å². The summed E-state index contributed by atoms with van der Waals surface area (Å²) >= 11 is 0. The summed E-state index contributed by atoms with van der Waals surface area (Å²) < 4.78 is 37.0. The monoisotopic (exact) mass is 341 g/mol. The van der Waals surface area contributed by atoms with Crippen molar-refractivity contribution < 1.29 is 17.9 Å². The number of morpholine rings is 1. The molecule has 0 saturated carbocycles. The fourth-order valence-electron chi connectivity index (χ4n) is 3.14. The molecule has 1 atom stereocenters. The first-order valence-electron chi connectivity index (χ1n) is 7.75. The zero-order chi connectivity index (χ0) is 16.3. The van der Waals surface area contributed by atoms with Gasteiger partial charge in [0.2, 0.25) is 10.0 Å². The number of aromatic nitrogens is 1. The van der Waals surface area contributed by atoms with E-state index in [-0.39, 0.29) is 0 Å². The van der Waals surface area contributed by atoms with Crippen molar-refractivity contribution in [3.8, 4) is 0 Å². The van der Waals surface area contributed by atoms with E-state index in [1.165, 1.54) is 10.6 Å². The van der Waals surface area contributed by atoms with Crippen molar-refractivity contribution in [1.29, 1.82) is 0 Å². The average molecular weight is 341 g/mol. The molecule has 0 N–H and O–H groups in total. The Hall–Kier alpha value is -1.06. The third-order valence-electron chi connectivity index (χ3n) is 4.24. The molecule has 8 heteroatoms. The van der Waals surface area contributed by atoms with Gasteiger partial charge >= 0.3 is 0 Å². The molecule has 0 aromatic carbocycles. The molecular weight excluding hydrogens is 318 g/mol. The number of rotatable bonds is 3. The van der Waals surface area contributed by atoms with E-state index < -0.39 is 15.6 Å². The SMILES string of the molecule is CS(=O)(=O)N1CCOC[C@@]2(CN(Cc3cccnc3)CCO2)C1. The summed E-state index contributed by atoms with van der Waals surface area (Å²) in [6, 6.07) is 3.97. The van der Waals surface area contributed by atoms with E-state index in [0.29, 0.717) is 39.5 Å². The van der Waals surface area contributed by atoms with E-state index in [9.17, 15) is 8.42 Å². The number of pyridine rings is 1. The lowest BCUT2D eigenvalue weighted by atomic mass is 10.0. The highest BCUT2D eigenvalue weighted by atomic mass is 32.2. The third kappa shape index (κ3) is 4.27. The van der Waals surface area contributed by atoms with Crippen LogP contribution in [0.4, 0.5) is 0 Å². The van der Waals surface area contributed by atoms with Crippen LogP contribution in [0, 0.1) is 0 Å². The highest BCUT2D eigenvalue weighted by molar-refractivity contribution is 7.88. The molecule has 3 heterocycles. The van der Waals surface area contributed by atoms with E-state index in [4.69, 9.17) is 9.47 Å². The van der Waals surface area contributed by atoms with Gasteiger partial charge in [0.15, 0.2) is 0 Å². The van der Waals surface area contributed by atoms with Crippen molar-refractivity contribution in [3.63, 3.8) is 0 Å². The largest absolute Gasteiger partial charge is 0.377 e. The molecule has 2 fully saturated rings. The van der Waals surface area contributed by atoms with Gasteiger partial charge in [-0.15, -0.1) is 0 Å². The number of hydrogen-bond donors (Lipinski definition) is 0. The van der Waals surface area contributed by atoms with Gasteiger partial charge in [0.25, 0.3) is 0 Å². The molecule has 2 saturated heterocycles. The van der Waals surface area contributed by atoms with Crippen LogP contribution in [0.25, 0.3) is 0 Å². The summed E-state index contributed by atoms with van der Waals surface area (Å²) in [5.41, 5.74) is 0.541. The molecular formula is C15H23N3O4S. The van der Waals surface area contributed by atoms with E-state index in [0.717, 1.165) is 18.7 Å². The van der Waals surface area contributed by atoms with Crippen molar-refractivity contribution in [3.05, 3.63) is 30.1 Å². The molecule has 23 heavy (non-hydrogen) atoms. The van der Waals surface area contributed by atoms with Gasteiger partial charge in [-0.3, -0.25) is 9.88 Å². The molecule has 1 spiro atoms. The molecule has 0 radical (unpaired) electrons. The van der Waals surface area contributed by atoms with Gasteiger partial charge in [-0.25, -0.2) is 8.42 Å². The summed E-state index contributed by atoms with van der Waals surface area (Å²) in [5.74, 6) is 0. The van der Waals surface area contributed by atoms with Gasteiger partial charge in [-0.2, -0.15) is 4.31 Å². The van der Waals surface area contributed by atoms with Crippen LogP contribution in [0.5, 0.6) is 0 Å². The molecule has 1 aromatic rings. The Labute approximate surface area is 137 Å². The van der Waals surface area contributed by atoms with Crippen LogP contribution < -0.4 is 0 Å². The van der Waals surface area contributed by atoms with Crippen LogP contribution in [0.3, 0.4) is 0 Å². The third-order valence-corrected chi connectivity index (χ3v) is 5.49. The zero-order valence-electron chi connectivity index (χ0n) is 13.3. The Morgan fingerprint density at radius 3 is 2.91 bits per heavy atom. The molecule has 0 amide bonds. The van der Waals surface area contributed by atoms with Gasteiger partial charge in [0, 0.05) is 45.1 Å². The molecule has 2 aliphatic heterocycles. The van der Waals surface area contributed by atoms with E-state index >= 15 is 0 Å². The standard InChI is InChI=1S/C15H23N3O4S/c1-23(19,20)18-6-7-21-13-15(12-18)11-17(5-8-22-15)10-14-3-2-4-16-9-14/h2-4,9H,5-8,10-13H2,1H3/t15-/m1/s1. The van der Waals surface area contributed by atoms with Gasteiger partial charge in [-0.1, -0.05) is 6.07 Å². The lowest BCUT2D eigenvalue weighted by Crippen LogP contribution is -2.58. The van der Waals surface area contributed by atoms with Crippen LogP contribution in [-0.2, 0) is 26.0 Å². The van der Waals surface area contributed by atoms with Crippen molar-refractivity contribution >= 4 is 10.0 Å². The maximum Gasteiger partial charge on any atom is 0.211 e. The molecule has 0 aliphatic carbocycles. The quantitative estimate of drug-likeness (QED) is 0.767. The fraction of sp³-hybridized carbons (Fsp3) is 0.667. The van der Waals surface area contributed by atoms with Crippen LogP contribution in [0.15, 0.2) is 24.5 Å². The summed E-state index contributed by atoms with van der Waals surface area (Å²) in [7, 11) is -3.26. The van der Waals surface area contributed by atoms with E-state index in [1.54, 1.807) is 6.20 Å². The van der Waals surface area contributed by atoms with Crippen LogP contribution in [0.1, 0.15) is 5.56 Å². The summed E-state index contributed by atoms with van der Waals surface area (Å²) in [4.78, 5) is 6.42. The number of ether oxygens (including phenoxy) is 2. The van der Waals surface area contributed by atoms with Gasteiger partial charge in [0.05, 0.1) is 26.1 Å². The van der Waals surface area contributed by atoms with Crippen LogP contribution in [0.2, 0.25) is 0 Å². The Morgan fingerprint density at radius 2 is 2.17 bits per heavy atom. The predicted octanol–water partition coefficient (Wildman–Crippen LogP) is -0.0556. The Balaban J connectivity index is 1.72. The maximum absolute atomic E-state index is 11.9. The lowest BCUT2D eigenvalue weighted by molar-refractivity contribution is -0.139. The normalized spacial score (nSPS) is 27.9. The first-order chi connectivity index (χ1) is 11.0. The molecule has 128 valence electrons. The minimum absolute atomic E-state index is 0.343. The van der Waals surface area contributed by atoms with Gasteiger partial charge < -0.3 is 9.47 Å². The molecule has 0 bridgehead atoms. The Morgan fingerprint density at radius 1 is 1.30 bits per heavy atom. The Kier molecular flexibility index (Phi) is 4.98.